The highest BCUT2D eigenvalue weighted by molar-refractivity contribution is 7.92. The molecule has 0 amide bonds. The first-order valence-corrected chi connectivity index (χ1v) is 10.6. The van der Waals surface area contributed by atoms with Gasteiger partial charge in [0.15, 0.2) is 0 Å². The number of benzene rings is 3. The molecule has 30 heavy (non-hydrogen) atoms. The molecule has 0 aromatic heterocycles. The number of rotatable bonds is 7. The van der Waals surface area contributed by atoms with Crippen molar-refractivity contribution in [3.63, 3.8) is 0 Å². The van der Waals surface area contributed by atoms with Crippen molar-refractivity contribution in [2.24, 2.45) is 0 Å². The highest BCUT2D eigenvalue weighted by Crippen LogP contribution is 2.35. The van der Waals surface area contributed by atoms with Crippen LogP contribution in [0.15, 0.2) is 65.6 Å². The van der Waals surface area contributed by atoms with Crippen LogP contribution in [0.25, 0.3) is 0 Å². The van der Waals surface area contributed by atoms with Gasteiger partial charge in [-0.3, -0.25) is 14.8 Å². The lowest BCUT2D eigenvalue weighted by molar-refractivity contribution is -0.384. The zero-order chi connectivity index (χ0) is 21.9. The maximum Gasteiger partial charge on any atom is 0.271 e. The third-order valence-electron chi connectivity index (χ3n) is 4.04. The van der Waals surface area contributed by atoms with Crippen molar-refractivity contribution in [1.82, 2.24) is 0 Å². The lowest BCUT2D eigenvalue weighted by Crippen LogP contribution is -2.14. The van der Waals surface area contributed by atoms with E-state index < -0.39 is 14.9 Å². The van der Waals surface area contributed by atoms with Gasteiger partial charge in [0.25, 0.3) is 15.7 Å². The van der Waals surface area contributed by atoms with Crippen molar-refractivity contribution in [2.45, 2.75) is 4.90 Å². The SMILES string of the molecule is COc1ccccc1Nc1ccc([N+](=O)[O-])cc1NS(=O)(=O)c1ccc(Cl)c(Cl)c1. The van der Waals surface area contributed by atoms with Crippen LogP contribution in [0.5, 0.6) is 5.75 Å². The van der Waals surface area contributed by atoms with Gasteiger partial charge >= 0.3 is 0 Å². The molecule has 3 aromatic rings. The fourth-order valence-corrected chi connectivity index (χ4v) is 4.04. The molecule has 0 unspecified atom stereocenters. The first-order chi connectivity index (χ1) is 14.2. The molecule has 3 aromatic carbocycles. The number of para-hydroxylation sites is 2. The summed E-state index contributed by atoms with van der Waals surface area (Å²) in [4.78, 5) is 10.4. The smallest absolute Gasteiger partial charge is 0.271 e. The van der Waals surface area contributed by atoms with Crippen LogP contribution in [-0.2, 0) is 10.0 Å². The van der Waals surface area contributed by atoms with Crippen molar-refractivity contribution < 1.29 is 18.1 Å². The number of hydrogen-bond acceptors (Lipinski definition) is 6. The van der Waals surface area contributed by atoms with Gasteiger partial charge in [-0.2, -0.15) is 0 Å². The maximum absolute atomic E-state index is 12.8. The number of non-ortho nitro benzene ring substituents is 1. The molecule has 0 radical (unpaired) electrons. The number of anilines is 3. The summed E-state index contributed by atoms with van der Waals surface area (Å²) in [7, 11) is -2.62. The van der Waals surface area contributed by atoms with Gasteiger partial charge in [-0.25, -0.2) is 8.42 Å². The minimum atomic E-state index is -4.11. The molecule has 0 heterocycles. The second-order valence-electron chi connectivity index (χ2n) is 5.99. The van der Waals surface area contributed by atoms with E-state index in [0.29, 0.717) is 11.4 Å². The fourth-order valence-electron chi connectivity index (χ4n) is 2.58. The lowest BCUT2D eigenvalue weighted by Gasteiger charge is -2.16. The van der Waals surface area contributed by atoms with Crippen LogP contribution in [0, 0.1) is 10.1 Å². The average Bonchev–Trinajstić information content (AvgIpc) is 2.71. The zero-order valence-electron chi connectivity index (χ0n) is 15.4. The maximum atomic E-state index is 12.8. The Bertz CT molecular complexity index is 1220. The highest BCUT2D eigenvalue weighted by Gasteiger charge is 2.20. The molecule has 0 bridgehead atoms. The summed E-state index contributed by atoms with van der Waals surface area (Å²) in [6, 6.07) is 14.6. The van der Waals surface area contributed by atoms with Crippen LogP contribution < -0.4 is 14.8 Å². The molecule has 156 valence electrons. The summed E-state index contributed by atoms with van der Waals surface area (Å²) in [5.74, 6) is 0.508. The van der Waals surface area contributed by atoms with Crippen molar-refractivity contribution in [3.8, 4) is 5.75 Å². The van der Waals surface area contributed by atoms with Crippen LogP contribution in [-0.4, -0.2) is 20.5 Å². The molecule has 0 fully saturated rings. The van der Waals surface area contributed by atoms with Crippen LogP contribution in [0.4, 0.5) is 22.7 Å². The lowest BCUT2D eigenvalue weighted by atomic mass is 10.2. The van der Waals surface area contributed by atoms with Crippen LogP contribution >= 0.6 is 23.2 Å². The molecule has 2 N–H and O–H groups in total. The summed E-state index contributed by atoms with van der Waals surface area (Å²) < 4.78 is 33.3. The number of nitro benzene ring substituents is 1. The Balaban J connectivity index is 2.04. The van der Waals surface area contributed by atoms with Gasteiger partial charge in [0.1, 0.15) is 5.75 Å². The molecule has 0 spiro atoms. The topological polar surface area (TPSA) is 111 Å². The van der Waals surface area contributed by atoms with Crippen LogP contribution in [0.1, 0.15) is 0 Å². The number of sulfonamides is 1. The van der Waals surface area contributed by atoms with E-state index in [0.717, 1.165) is 6.07 Å². The van der Waals surface area contributed by atoms with Gasteiger partial charge in [0.2, 0.25) is 0 Å². The molecular formula is C19H15Cl2N3O5S. The third kappa shape index (κ3) is 4.76. The van der Waals surface area contributed by atoms with E-state index in [9.17, 15) is 18.5 Å². The number of nitrogens with one attached hydrogen (secondary N) is 2. The quantitative estimate of drug-likeness (QED) is 0.352. The number of ether oxygens (including phenoxy) is 1. The van der Waals surface area contributed by atoms with E-state index >= 15 is 0 Å². The summed E-state index contributed by atoms with van der Waals surface area (Å²) in [6.07, 6.45) is 0. The molecule has 0 atom stereocenters. The van der Waals surface area contributed by atoms with E-state index in [1.807, 2.05) is 0 Å². The van der Waals surface area contributed by atoms with Crippen LogP contribution in [0.3, 0.4) is 0 Å². The molecular weight excluding hydrogens is 453 g/mol. The summed E-state index contributed by atoms with van der Waals surface area (Å²) in [5.41, 5.74) is 0.520. The molecule has 8 nitrogen and oxygen atoms in total. The van der Waals surface area contributed by atoms with Gasteiger partial charge in [-0.15, -0.1) is 0 Å². The Hall–Kier alpha value is -3.01. The first kappa shape index (κ1) is 21.7. The number of hydrogen-bond donors (Lipinski definition) is 2. The minimum absolute atomic E-state index is 0.0267. The molecule has 11 heteroatoms. The van der Waals surface area contributed by atoms with Gasteiger partial charge < -0.3 is 10.1 Å². The summed E-state index contributed by atoms with van der Waals surface area (Å²) in [5, 5.41) is 14.5. The Morgan fingerprint density at radius 1 is 0.933 bits per heavy atom. The minimum Gasteiger partial charge on any atom is -0.495 e. The molecule has 0 aliphatic heterocycles. The summed E-state index contributed by atoms with van der Waals surface area (Å²) >= 11 is 11.8. The first-order valence-electron chi connectivity index (χ1n) is 8.37. The van der Waals surface area contributed by atoms with E-state index in [4.69, 9.17) is 27.9 Å². The number of nitrogens with zero attached hydrogens (tertiary/aromatic N) is 1. The number of methoxy groups -OCH3 is 1. The number of halogens is 2. The largest absolute Gasteiger partial charge is 0.495 e. The second-order valence-corrected chi connectivity index (χ2v) is 8.49. The second kappa shape index (κ2) is 8.78. The highest BCUT2D eigenvalue weighted by atomic mass is 35.5. The standard InChI is InChI=1S/C19H15Cl2N3O5S/c1-29-19-5-3-2-4-17(19)22-16-9-6-12(24(25)26)10-18(16)23-30(27,28)13-7-8-14(20)15(21)11-13/h2-11,22-23H,1H3. The Morgan fingerprint density at radius 3 is 2.33 bits per heavy atom. The predicted octanol–water partition coefficient (Wildman–Crippen LogP) is 5.45. The average molecular weight is 468 g/mol. The van der Waals surface area contributed by atoms with Crippen molar-refractivity contribution in [3.05, 3.63) is 80.8 Å². The van der Waals surface area contributed by atoms with E-state index in [2.05, 4.69) is 10.0 Å². The third-order valence-corrected chi connectivity index (χ3v) is 6.14. The molecule has 0 saturated heterocycles. The Labute approximate surface area is 182 Å². The summed E-state index contributed by atoms with van der Waals surface area (Å²) in [6.45, 7) is 0. The number of nitro groups is 1. The predicted molar refractivity (Wildman–Crippen MR) is 117 cm³/mol. The van der Waals surface area contributed by atoms with Gasteiger partial charge in [-0.05, 0) is 36.4 Å². The molecule has 0 aliphatic rings. The van der Waals surface area contributed by atoms with Gasteiger partial charge in [-0.1, -0.05) is 35.3 Å². The molecule has 0 aliphatic carbocycles. The zero-order valence-corrected chi connectivity index (χ0v) is 17.8. The van der Waals surface area contributed by atoms with E-state index in [1.165, 1.54) is 37.4 Å². The van der Waals surface area contributed by atoms with Crippen LogP contribution in [0.2, 0.25) is 10.0 Å². The fraction of sp³-hybridized carbons (Fsp3) is 0.0526. The Morgan fingerprint density at radius 2 is 1.67 bits per heavy atom. The van der Waals surface area contributed by atoms with E-state index in [1.54, 1.807) is 24.3 Å². The van der Waals surface area contributed by atoms with Gasteiger partial charge in [0, 0.05) is 12.1 Å². The van der Waals surface area contributed by atoms with Gasteiger partial charge in [0.05, 0.1) is 44.0 Å². The van der Waals surface area contributed by atoms with Crippen molar-refractivity contribution in [2.75, 3.05) is 17.1 Å². The van der Waals surface area contributed by atoms with E-state index in [-0.39, 0.29) is 32.0 Å². The Kier molecular flexibility index (Phi) is 6.35. The molecule has 3 rings (SSSR count). The van der Waals surface area contributed by atoms with Crippen molar-refractivity contribution >= 4 is 56.0 Å². The molecule has 0 saturated carbocycles. The van der Waals surface area contributed by atoms with Crippen molar-refractivity contribution in [1.29, 1.82) is 0 Å². The normalized spacial score (nSPS) is 11.0. The monoisotopic (exact) mass is 467 g/mol.